The summed E-state index contributed by atoms with van der Waals surface area (Å²) in [5.41, 5.74) is 2.33. The van der Waals surface area contributed by atoms with Gasteiger partial charge in [0.05, 0.1) is 0 Å². The fourth-order valence-electron chi connectivity index (χ4n) is 2.75. The van der Waals surface area contributed by atoms with Crippen molar-refractivity contribution in [1.29, 1.82) is 0 Å². The van der Waals surface area contributed by atoms with E-state index in [-0.39, 0.29) is 0 Å². The van der Waals surface area contributed by atoms with Gasteiger partial charge in [-0.1, -0.05) is 101 Å². The van der Waals surface area contributed by atoms with Crippen LogP contribution in [0.4, 0.5) is 0 Å². The minimum atomic E-state index is -2.71. The van der Waals surface area contributed by atoms with Gasteiger partial charge in [-0.15, -0.1) is 0 Å². The van der Waals surface area contributed by atoms with Crippen LogP contribution in [-0.2, 0) is 16.1 Å². The monoisotopic (exact) mass is 384 g/mol. The molecule has 0 atom stereocenters. The Labute approximate surface area is 145 Å². The molecule has 3 aromatic carbocycles. The molecular formula is C20H18BrOP. The summed E-state index contributed by atoms with van der Waals surface area (Å²) in [6.45, 7) is 0. The van der Waals surface area contributed by atoms with E-state index in [1.807, 2.05) is 72.8 Å². The smallest absolute Gasteiger partial charge is 0.147 e. The van der Waals surface area contributed by atoms with Gasteiger partial charge in [0.1, 0.15) is 7.14 Å². The van der Waals surface area contributed by atoms with Crippen LogP contribution in [0.5, 0.6) is 0 Å². The van der Waals surface area contributed by atoms with Gasteiger partial charge in [-0.2, -0.15) is 0 Å². The zero-order valence-electron chi connectivity index (χ0n) is 12.7. The minimum absolute atomic E-state index is 0.544. The molecule has 0 amide bonds. The van der Waals surface area contributed by atoms with E-state index in [9.17, 15) is 4.57 Å². The van der Waals surface area contributed by atoms with Crippen molar-refractivity contribution in [2.75, 3.05) is 0 Å². The summed E-state index contributed by atoms with van der Waals surface area (Å²) in [5, 5.41) is 2.60. The Bertz CT molecular complexity index is 772. The Kier molecular flexibility index (Phi) is 5.15. The fourth-order valence-corrected chi connectivity index (χ4v) is 6.06. The summed E-state index contributed by atoms with van der Waals surface area (Å²) in [7, 11) is -2.71. The molecule has 0 spiro atoms. The van der Waals surface area contributed by atoms with Crippen LogP contribution in [0.2, 0.25) is 0 Å². The molecule has 116 valence electrons. The van der Waals surface area contributed by atoms with E-state index in [1.54, 1.807) is 0 Å². The third-order valence-corrected chi connectivity index (χ3v) is 7.66. The van der Waals surface area contributed by atoms with Crippen molar-refractivity contribution < 1.29 is 4.57 Å². The highest BCUT2D eigenvalue weighted by Gasteiger charge is 2.28. The van der Waals surface area contributed by atoms with Gasteiger partial charge in [-0.3, -0.25) is 0 Å². The Morgan fingerprint density at radius 1 is 0.652 bits per heavy atom. The van der Waals surface area contributed by atoms with Crippen LogP contribution in [0.25, 0.3) is 0 Å². The van der Waals surface area contributed by atoms with E-state index in [0.29, 0.717) is 6.16 Å². The molecular weight excluding hydrogens is 367 g/mol. The molecule has 0 aliphatic heterocycles. The standard InChI is InChI=1S/C20H18BrOP/c21-15-17-9-7-8-10-18(17)16-23(22,19-11-3-1-4-12-19)20-13-5-2-6-14-20/h1-14H,15-16H2. The Morgan fingerprint density at radius 3 is 1.57 bits per heavy atom. The molecule has 0 radical (unpaired) electrons. The van der Waals surface area contributed by atoms with Crippen molar-refractivity contribution in [2.45, 2.75) is 11.5 Å². The number of rotatable bonds is 5. The molecule has 0 bridgehead atoms. The molecule has 0 aliphatic rings. The van der Waals surface area contributed by atoms with Crippen LogP contribution in [0.3, 0.4) is 0 Å². The second-order valence-corrected chi connectivity index (χ2v) is 8.86. The van der Waals surface area contributed by atoms with Crippen molar-refractivity contribution in [2.24, 2.45) is 0 Å². The van der Waals surface area contributed by atoms with Gasteiger partial charge in [-0.05, 0) is 11.1 Å². The first kappa shape index (κ1) is 16.2. The van der Waals surface area contributed by atoms with Crippen LogP contribution in [-0.4, -0.2) is 0 Å². The summed E-state index contributed by atoms with van der Waals surface area (Å²) < 4.78 is 14.0. The normalized spacial score (nSPS) is 11.3. The third-order valence-electron chi connectivity index (χ3n) is 4.00. The molecule has 3 heteroatoms. The average Bonchev–Trinajstić information content (AvgIpc) is 2.63. The van der Waals surface area contributed by atoms with Gasteiger partial charge in [0.25, 0.3) is 0 Å². The Morgan fingerprint density at radius 2 is 1.09 bits per heavy atom. The first-order valence-electron chi connectivity index (χ1n) is 7.57. The molecule has 0 saturated carbocycles. The topological polar surface area (TPSA) is 17.1 Å². The van der Waals surface area contributed by atoms with Gasteiger partial charge >= 0.3 is 0 Å². The van der Waals surface area contributed by atoms with Crippen LogP contribution in [0.1, 0.15) is 11.1 Å². The molecule has 0 unspecified atom stereocenters. The van der Waals surface area contributed by atoms with Gasteiger partial charge in [0.2, 0.25) is 0 Å². The maximum absolute atomic E-state index is 14.0. The van der Waals surface area contributed by atoms with E-state index >= 15 is 0 Å². The molecule has 0 aliphatic carbocycles. The van der Waals surface area contributed by atoms with Crippen molar-refractivity contribution in [3.8, 4) is 0 Å². The Balaban J connectivity index is 2.12. The second-order valence-electron chi connectivity index (χ2n) is 5.47. The SMILES string of the molecule is O=P(Cc1ccccc1CBr)(c1ccccc1)c1ccccc1. The van der Waals surface area contributed by atoms with Crippen molar-refractivity contribution in [1.82, 2.24) is 0 Å². The summed E-state index contributed by atoms with van der Waals surface area (Å²) in [5.74, 6) is 0. The van der Waals surface area contributed by atoms with E-state index in [0.717, 1.165) is 21.5 Å². The van der Waals surface area contributed by atoms with Crippen molar-refractivity contribution >= 4 is 33.7 Å². The fraction of sp³-hybridized carbons (Fsp3) is 0.100. The number of benzene rings is 3. The lowest BCUT2D eigenvalue weighted by Gasteiger charge is -2.20. The average molecular weight is 385 g/mol. The van der Waals surface area contributed by atoms with Crippen molar-refractivity contribution in [3.63, 3.8) is 0 Å². The van der Waals surface area contributed by atoms with Crippen LogP contribution in [0, 0.1) is 0 Å². The molecule has 0 fully saturated rings. The van der Waals surface area contributed by atoms with E-state index in [4.69, 9.17) is 0 Å². The molecule has 0 aromatic heterocycles. The lowest BCUT2D eigenvalue weighted by Crippen LogP contribution is -2.17. The van der Waals surface area contributed by atoms with Crippen molar-refractivity contribution in [3.05, 3.63) is 96.1 Å². The molecule has 0 N–H and O–H groups in total. The third kappa shape index (κ3) is 3.49. The molecule has 3 aromatic rings. The van der Waals surface area contributed by atoms with Crippen LogP contribution in [0.15, 0.2) is 84.9 Å². The molecule has 0 saturated heterocycles. The summed E-state index contributed by atoms with van der Waals surface area (Å²) in [4.78, 5) is 0. The van der Waals surface area contributed by atoms with Gasteiger partial charge < -0.3 is 4.57 Å². The highest BCUT2D eigenvalue weighted by atomic mass is 79.9. The van der Waals surface area contributed by atoms with Gasteiger partial charge in [-0.25, -0.2) is 0 Å². The highest BCUT2D eigenvalue weighted by molar-refractivity contribution is 9.08. The number of alkyl halides is 1. The number of halogens is 1. The molecule has 0 heterocycles. The molecule has 3 rings (SSSR count). The second kappa shape index (κ2) is 7.29. The zero-order valence-corrected chi connectivity index (χ0v) is 15.2. The summed E-state index contributed by atoms with van der Waals surface area (Å²) in [6, 6.07) is 27.9. The lowest BCUT2D eigenvalue weighted by molar-refractivity contribution is 0.586. The number of hydrogen-bond acceptors (Lipinski definition) is 1. The molecule has 1 nitrogen and oxygen atoms in total. The van der Waals surface area contributed by atoms with Crippen LogP contribution < -0.4 is 10.6 Å². The zero-order chi connectivity index (χ0) is 16.1. The maximum Gasteiger partial charge on any atom is 0.147 e. The van der Waals surface area contributed by atoms with E-state index in [2.05, 4.69) is 28.1 Å². The largest absolute Gasteiger partial charge is 0.313 e. The van der Waals surface area contributed by atoms with E-state index < -0.39 is 7.14 Å². The number of hydrogen-bond donors (Lipinski definition) is 0. The predicted octanol–water partition coefficient (Wildman–Crippen LogP) is 5.10. The highest BCUT2D eigenvalue weighted by Crippen LogP contribution is 2.47. The Hall–Kier alpha value is -1.63. The predicted molar refractivity (Wildman–Crippen MR) is 103 cm³/mol. The minimum Gasteiger partial charge on any atom is -0.313 e. The maximum atomic E-state index is 14.0. The lowest BCUT2D eigenvalue weighted by atomic mass is 10.1. The van der Waals surface area contributed by atoms with Crippen LogP contribution >= 0.6 is 23.1 Å². The first-order valence-corrected chi connectivity index (χ1v) is 10.6. The summed E-state index contributed by atoms with van der Waals surface area (Å²) in [6.07, 6.45) is 0.544. The molecule has 23 heavy (non-hydrogen) atoms. The van der Waals surface area contributed by atoms with Gasteiger partial charge in [0, 0.05) is 22.1 Å². The summed E-state index contributed by atoms with van der Waals surface area (Å²) >= 11 is 3.54. The first-order chi connectivity index (χ1) is 11.2. The quantitative estimate of drug-likeness (QED) is 0.442. The van der Waals surface area contributed by atoms with Gasteiger partial charge in [0.15, 0.2) is 0 Å². The van der Waals surface area contributed by atoms with E-state index in [1.165, 1.54) is 5.56 Å².